The van der Waals surface area contributed by atoms with Gasteiger partial charge in [-0.15, -0.1) is 0 Å². The van der Waals surface area contributed by atoms with Gasteiger partial charge in [0.1, 0.15) is 0 Å². The van der Waals surface area contributed by atoms with Gasteiger partial charge >= 0.3 is 0 Å². The first-order valence-electron chi connectivity index (χ1n) is 6.78. The molecule has 2 aromatic carbocycles. The summed E-state index contributed by atoms with van der Waals surface area (Å²) in [4.78, 5) is 5.77. The molecule has 4 aromatic rings. The largest absolute Gasteiger partial charge is 0.256 e. The summed E-state index contributed by atoms with van der Waals surface area (Å²) >= 11 is 1.53. The summed E-state index contributed by atoms with van der Waals surface area (Å²) in [6, 6.07) is 22.6. The number of hydrogen-bond acceptors (Lipinski definition) is 3. The number of benzene rings is 2. The molecular weight excluding hydrogens is 276 g/mol. The van der Waals surface area contributed by atoms with Crippen LogP contribution in [0.5, 0.6) is 0 Å². The van der Waals surface area contributed by atoms with E-state index in [4.69, 9.17) is 0 Å². The van der Waals surface area contributed by atoms with Gasteiger partial charge < -0.3 is 0 Å². The minimum atomic E-state index is 0.994. The molecule has 0 aliphatic carbocycles. The lowest BCUT2D eigenvalue weighted by Crippen LogP contribution is -1.83. The van der Waals surface area contributed by atoms with Crippen LogP contribution in [0.3, 0.4) is 0 Å². The number of fused-ring (bicyclic) bond motifs is 1. The predicted molar refractivity (Wildman–Crippen MR) is 88.3 cm³/mol. The number of nitrogens with zero attached hydrogens (tertiary/aromatic N) is 2. The van der Waals surface area contributed by atoms with Crippen molar-refractivity contribution in [2.45, 2.75) is 0 Å². The molecule has 0 aliphatic heterocycles. The summed E-state index contributed by atoms with van der Waals surface area (Å²) in [6.07, 6.45) is 1.93. The average Bonchev–Trinajstić information content (AvgIpc) is 3.00. The van der Waals surface area contributed by atoms with Crippen molar-refractivity contribution in [3.63, 3.8) is 0 Å². The molecule has 0 radical (unpaired) electrons. The quantitative estimate of drug-likeness (QED) is 0.517. The molecule has 21 heavy (non-hydrogen) atoms. The first-order chi connectivity index (χ1) is 10.4. The number of rotatable bonds is 2. The van der Waals surface area contributed by atoms with Gasteiger partial charge in [-0.25, -0.2) is 0 Å². The van der Waals surface area contributed by atoms with E-state index >= 15 is 0 Å². The molecule has 0 atom stereocenters. The van der Waals surface area contributed by atoms with Crippen LogP contribution in [0.4, 0.5) is 0 Å². The van der Waals surface area contributed by atoms with Gasteiger partial charge in [-0.1, -0.05) is 48.5 Å². The fourth-order valence-corrected chi connectivity index (χ4v) is 3.25. The van der Waals surface area contributed by atoms with Crippen molar-refractivity contribution in [2.75, 3.05) is 0 Å². The van der Waals surface area contributed by atoms with E-state index in [-0.39, 0.29) is 0 Å². The van der Waals surface area contributed by atoms with Crippen LogP contribution in [-0.4, -0.2) is 9.36 Å². The highest BCUT2D eigenvalue weighted by Crippen LogP contribution is 2.32. The second-order valence-corrected chi connectivity index (χ2v) is 5.60. The Morgan fingerprint density at radius 1 is 0.714 bits per heavy atom. The summed E-state index contributed by atoms with van der Waals surface area (Å²) < 4.78 is 4.49. The lowest BCUT2D eigenvalue weighted by Gasteiger charge is -2.02. The van der Waals surface area contributed by atoms with Crippen LogP contribution in [0.15, 0.2) is 72.9 Å². The zero-order valence-electron chi connectivity index (χ0n) is 11.2. The van der Waals surface area contributed by atoms with E-state index in [0.717, 1.165) is 22.3 Å². The molecule has 0 aliphatic rings. The van der Waals surface area contributed by atoms with Crippen LogP contribution in [0.2, 0.25) is 0 Å². The lowest BCUT2D eigenvalue weighted by atomic mass is 10.1. The Morgan fingerprint density at radius 2 is 1.52 bits per heavy atom. The van der Waals surface area contributed by atoms with Crippen molar-refractivity contribution in [1.82, 2.24) is 9.36 Å². The van der Waals surface area contributed by atoms with Crippen LogP contribution >= 0.6 is 11.5 Å². The molecule has 4 rings (SSSR count). The number of pyridine rings is 1. The van der Waals surface area contributed by atoms with Crippen LogP contribution in [0, 0.1) is 0 Å². The van der Waals surface area contributed by atoms with Crippen LogP contribution < -0.4 is 0 Å². The second kappa shape index (κ2) is 5.11. The summed E-state index contributed by atoms with van der Waals surface area (Å²) in [5.74, 6) is 0. The Kier molecular flexibility index (Phi) is 2.98. The fraction of sp³-hybridized carbons (Fsp3) is 0. The normalized spacial score (nSPS) is 10.9. The Morgan fingerprint density at radius 3 is 2.33 bits per heavy atom. The molecule has 0 fully saturated rings. The summed E-state index contributed by atoms with van der Waals surface area (Å²) in [5, 5.41) is 1.19. The Balaban J connectivity index is 1.77. The highest BCUT2D eigenvalue weighted by atomic mass is 32.1. The van der Waals surface area contributed by atoms with Gasteiger partial charge in [-0.2, -0.15) is 4.37 Å². The molecule has 0 unspecified atom stereocenters. The van der Waals surface area contributed by atoms with Gasteiger partial charge in [0.25, 0.3) is 0 Å². The van der Waals surface area contributed by atoms with Crippen molar-refractivity contribution in [3.05, 3.63) is 72.9 Å². The molecule has 0 N–H and O–H groups in total. The van der Waals surface area contributed by atoms with Crippen molar-refractivity contribution < 1.29 is 0 Å². The van der Waals surface area contributed by atoms with E-state index in [0.29, 0.717) is 0 Å². The minimum Gasteiger partial charge on any atom is -0.256 e. The fourth-order valence-electron chi connectivity index (χ4n) is 2.41. The Labute approximate surface area is 126 Å². The zero-order valence-corrected chi connectivity index (χ0v) is 12.0. The van der Waals surface area contributed by atoms with Gasteiger partial charge in [0.15, 0.2) is 0 Å². The molecule has 3 heteroatoms. The average molecular weight is 288 g/mol. The van der Waals surface area contributed by atoms with Gasteiger partial charge in [0.05, 0.1) is 16.1 Å². The molecule has 2 aromatic heterocycles. The number of hydrogen-bond donors (Lipinski definition) is 0. The van der Waals surface area contributed by atoms with Crippen molar-refractivity contribution in [1.29, 1.82) is 0 Å². The molecule has 2 nitrogen and oxygen atoms in total. The molecule has 0 bridgehead atoms. The molecule has 0 saturated carbocycles. The molecule has 0 amide bonds. The van der Waals surface area contributed by atoms with Crippen LogP contribution in [0.1, 0.15) is 0 Å². The van der Waals surface area contributed by atoms with Gasteiger partial charge in [-0.3, -0.25) is 4.98 Å². The van der Waals surface area contributed by atoms with E-state index in [1.54, 1.807) is 0 Å². The first kappa shape index (κ1) is 12.2. The Bertz CT molecular complexity index is 880. The highest BCUT2D eigenvalue weighted by Gasteiger charge is 2.08. The monoisotopic (exact) mass is 288 g/mol. The van der Waals surface area contributed by atoms with Gasteiger partial charge in [0.2, 0.25) is 0 Å². The van der Waals surface area contributed by atoms with Gasteiger partial charge in [-0.05, 0) is 29.7 Å². The zero-order chi connectivity index (χ0) is 14.1. The van der Waals surface area contributed by atoms with E-state index in [9.17, 15) is 0 Å². The molecule has 100 valence electrons. The third kappa shape index (κ3) is 2.22. The second-order valence-electron chi connectivity index (χ2n) is 4.83. The third-order valence-corrected chi connectivity index (χ3v) is 4.41. The Hall–Kier alpha value is -2.52. The minimum absolute atomic E-state index is 0.994. The number of aromatic nitrogens is 2. The van der Waals surface area contributed by atoms with E-state index < -0.39 is 0 Å². The summed E-state index contributed by atoms with van der Waals surface area (Å²) in [6.45, 7) is 0. The van der Waals surface area contributed by atoms with Crippen LogP contribution in [-0.2, 0) is 0 Å². The molecule has 2 heterocycles. The molecule has 0 spiro atoms. The SMILES string of the molecule is c1ccc(-c2ccc(-c3snc4ccccc34)cn2)cc1. The van der Waals surface area contributed by atoms with E-state index in [1.807, 2.05) is 42.6 Å². The summed E-state index contributed by atoms with van der Waals surface area (Å²) in [7, 11) is 0. The van der Waals surface area contributed by atoms with Crippen molar-refractivity contribution >= 4 is 22.4 Å². The van der Waals surface area contributed by atoms with Crippen molar-refractivity contribution in [2.24, 2.45) is 0 Å². The third-order valence-electron chi connectivity index (χ3n) is 3.48. The maximum absolute atomic E-state index is 4.59. The first-order valence-corrected chi connectivity index (χ1v) is 7.55. The van der Waals surface area contributed by atoms with Crippen LogP contribution in [0.25, 0.3) is 32.6 Å². The summed E-state index contributed by atoms with van der Waals surface area (Å²) in [5.41, 5.74) is 4.30. The van der Waals surface area contributed by atoms with E-state index in [1.165, 1.54) is 21.8 Å². The standard InChI is InChI=1S/C18H12N2S/c1-2-6-13(7-3-1)16-11-10-14(12-19-16)18-15-8-4-5-9-17(15)20-21-18/h1-12H. The predicted octanol–water partition coefficient (Wildman–Crippen LogP) is 5.03. The van der Waals surface area contributed by atoms with Gasteiger partial charge in [0, 0.05) is 22.7 Å². The smallest absolute Gasteiger partial charge is 0.0847 e. The maximum Gasteiger partial charge on any atom is 0.0847 e. The lowest BCUT2D eigenvalue weighted by molar-refractivity contribution is 1.33. The maximum atomic E-state index is 4.59. The topological polar surface area (TPSA) is 25.8 Å². The van der Waals surface area contributed by atoms with Crippen molar-refractivity contribution in [3.8, 4) is 21.7 Å². The van der Waals surface area contributed by atoms with E-state index in [2.05, 4.69) is 39.7 Å². The molecular formula is C18H12N2S. The highest BCUT2D eigenvalue weighted by molar-refractivity contribution is 7.11. The molecule has 0 saturated heterocycles.